The molecule has 1 aromatic heterocycles. The van der Waals surface area contributed by atoms with Gasteiger partial charge in [-0.1, -0.05) is 0 Å². The Kier molecular flexibility index (Phi) is 6.94. The summed E-state index contributed by atoms with van der Waals surface area (Å²) in [5, 5.41) is 6.37. The first-order chi connectivity index (χ1) is 14.2. The van der Waals surface area contributed by atoms with Crippen molar-refractivity contribution in [2.45, 2.75) is 0 Å². The van der Waals surface area contributed by atoms with E-state index < -0.39 is 0 Å². The summed E-state index contributed by atoms with van der Waals surface area (Å²) in [4.78, 5) is 8.70. The minimum atomic E-state index is 0.469. The van der Waals surface area contributed by atoms with E-state index in [9.17, 15) is 0 Å². The quantitative estimate of drug-likeness (QED) is 0.501. The van der Waals surface area contributed by atoms with Gasteiger partial charge in [0.05, 0.1) is 33.6 Å². The Morgan fingerprint density at radius 2 is 1.55 bits per heavy atom. The van der Waals surface area contributed by atoms with Gasteiger partial charge in [-0.05, 0) is 42.5 Å². The zero-order chi connectivity index (χ0) is 20.5. The van der Waals surface area contributed by atoms with Crippen LogP contribution in [0.4, 0.5) is 17.5 Å². The average molecular weight is 396 g/mol. The molecule has 152 valence electrons. The summed E-state index contributed by atoms with van der Waals surface area (Å²) >= 11 is 0. The molecule has 0 atom stereocenters. The van der Waals surface area contributed by atoms with Gasteiger partial charge in [-0.3, -0.25) is 0 Å². The molecule has 3 rings (SSSR count). The van der Waals surface area contributed by atoms with Crippen LogP contribution in [0.5, 0.6) is 23.0 Å². The highest BCUT2D eigenvalue weighted by atomic mass is 16.5. The number of benzene rings is 2. The van der Waals surface area contributed by atoms with E-state index in [0.29, 0.717) is 30.7 Å². The molecule has 0 aliphatic rings. The third kappa shape index (κ3) is 5.65. The van der Waals surface area contributed by atoms with E-state index in [4.69, 9.17) is 18.9 Å². The molecule has 3 aromatic rings. The van der Waals surface area contributed by atoms with E-state index >= 15 is 0 Å². The fraction of sp³-hybridized carbons (Fsp3) is 0.238. The molecular weight excluding hydrogens is 372 g/mol. The van der Waals surface area contributed by atoms with Crippen LogP contribution in [0.1, 0.15) is 0 Å². The first kappa shape index (κ1) is 20.1. The predicted molar refractivity (Wildman–Crippen MR) is 112 cm³/mol. The smallest absolute Gasteiger partial charge is 0.224 e. The number of aromatic nitrogens is 2. The number of rotatable bonds is 10. The second-order valence-electron chi connectivity index (χ2n) is 5.91. The van der Waals surface area contributed by atoms with Crippen molar-refractivity contribution in [3.05, 3.63) is 54.7 Å². The summed E-state index contributed by atoms with van der Waals surface area (Å²) < 4.78 is 21.5. The number of nitrogens with one attached hydrogen (secondary N) is 2. The first-order valence-electron chi connectivity index (χ1n) is 9.04. The number of methoxy groups -OCH3 is 3. The van der Waals surface area contributed by atoms with Crippen molar-refractivity contribution >= 4 is 17.5 Å². The van der Waals surface area contributed by atoms with Crippen LogP contribution in [0, 0.1) is 0 Å². The zero-order valence-electron chi connectivity index (χ0n) is 16.6. The maximum Gasteiger partial charge on any atom is 0.224 e. The molecule has 0 radical (unpaired) electrons. The van der Waals surface area contributed by atoms with Crippen molar-refractivity contribution < 1.29 is 18.9 Å². The van der Waals surface area contributed by atoms with Crippen LogP contribution < -0.4 is 29.6 Å². The fourth-order valence-corrected chi connectivity index (χ4v) is 2.57. The Balaban J connectivity index is 1.55. The lowest BCUT2D eigenvalue weighted by Crippen LogP contribution is -2.13. The second kappa shape index (κ2) is 10.0. The van der Waals surface area contributed by atoms with E-state index in [2.05, 4.69) is 20.6 Å². The molecular formula is C21H24N4O4. The summed E-state index contributed by atoms with van der Waals surface area (Å²) in [6.07, 6.45) is 1.68. The first-order valence-corrected chi connectivity index (χ1v) is 9.04. The number of nitrogens with zero attached hydrogens (tertiary/aromatic N) is 2. The average Bonchev–Trinajstić information content (AvgIpc) is 2.77. The molecule has 0 aliphatic carbocycles. The van der Waals surface area contributed by atoms with E-state index in [1.807, 2.05) is 42.5 Å². The molecule has 0 saturated heterocycles. The molecule has 8 heteroatoms. The molecule has 0 bridgehead atoms. The Morgan fingerprint density at radius 3 is 2.28 bits per heavy atom. The van der Waals surface area contributed by atoms with E-state index in [0.717, 1.165) is 22.9 Å². The summed E-state index contributed by atoms with van der Waals surface area (Å²) in [6.45, 7) is 1.02. The zero-order valence-corrected chi connectivity index (χ0v) is 16.6. The second-order valence-corrected chi connectivity index (χ2v) is 5.91. The van der Waals surface area contributed by atoms with Crippen molar-refractivity contribution in [3.8, 4) is 23.0 Å². The van der Waals surface area contributed by atoms with Crippen LogP contribution in [-0.2, 0) is 0 Å². The molecule has 0 saturated carbocycles. The molecule has 2 N–H and O–H groups in total. The van der Waals surface area contributed by atoms with Crippen LogP contribution in [0.2, 0.25) is 0 Å². The summed E-state index contributed by atoms with van der Waals surface area (Å²) in [6, 6.07) is 14.7. The van der Waals surface area contributed by atoms with Gasteiger partial charge in [-0.25, -0.2) is 4.98 Å². The summed E-state index contributed by atoms with van der Waals surface area (Å²) in [7, 11) is 4.86. The summed E-state index contributed by atoms with van der Waals surface area (Å²) in [5.41, 5.74) is 0.749. The van der Waals surface area contributed by atoms with Crippen molar-refractivity contribution in [1.29, 1.82) is 0 Å². The highest BCUT2D eigenvalue weighted by Gasteiger charge is 2.07. The number of ether oxygens (including phenoxy) is 4. The van der Waals surface area contributed by atoms with Gasteiger partial charge < -0.3 is 29.6 Å². The maximum atomic E-state index is 5.69. The molecule has 2 aromatic carbocycles. The van der Waals surface area contributed by atoms with Gasteiger partial charge in [-0.15, -0.1) is 0 Å². The van der Waals surface area contributed by atoms with Gasteiger partial charge in [0.25, 0.3) is 0 Å². The van der Waals surface area contributed by atoms with Crippen LogP contribution >= 0.6 is 0 Å². The van der Waals surface area contributed by atoms with Crippen LogP contribution in [0.15, 0.2) is 54.7 Å². The largest absolute Gasteiger partial charge is 0.497 e. The molecule has 0 amide bonds. The highest BCUT2D eigenvalue weighted by molar-refractivity contribution is 5.66. The molecule has 0 aliphatic heterocycles. The van der Waals surface area contributed by atoms with Crippen LogP contribution in [-0.4, -0.2) is 44.4 Å². The molecule has 8 nitrogen and oxygen atoms in total. The number of hydrogen-bond acceptors (Lipinski definition) is 8. The third-order valence-electron chi connectivity index (χ3n) is 4.04. The Hall–Kier alpha value is -3.68. The third-order valence-corrected chi connectivity index (χ3v) is 4.04. The number of hydrogen-bond donors (Lipinski definition) is 2. The summed E-state index contributed by atoms with van der Waals surface area (Å²) in [5.74, 6) is 4.10. The Morgan fingerprint density at radius 1 is 0.828 bits per heavy atom. The van der Waals surface area contributed by atoms with Gasteiger partial charge >= 0.3 is 0 Å². The maximum absolute atomic E-state index is 5.69. The van der Waals surface area contributed by atoms with Gasteiger partial charge in [0.2, 0.25) is 5.95 Å². The SMILES string of the molecule is COc1ccc(OCCNc2nccc(Nc3cc(OC)ccc3OC)n2)cc1. The van der Waals surface area contributed by atoms with Crippen molar-refractivity contribution in [1.82, 2.24) is 9.97 Å². The van der Waals surface area contributed by atoms with Crippen LogP contribution in [0.3, 0.4) is 0 Å². The molecule has 0 fully saturated rings. The highest BCUT2D eigenvalue weighted by Crippen LogP contribution is 2.31. The van der Waals surface area contributed by atoms with Crippen molar-refractivity contribution in [2.75, 3.05) is 45.1 Å². The molecule has 0 unspecified atom stereocenters. The minimum Gasteiger partial charge on any atom is -0.497 e. The van der Waals surface area contributed by atoms with E-state index in [1.165, 1.54) is 0 Å². The van der Waals surface area contributed by atoms with E-state index in [1.54, 1.807) is 33.6 Å². The lowest BCUT2D eigenvalue weighted by Gasteiger charge is -2.13. The molecule has 1 heterocycles. The molecule has 0 spiro atoms. The Labute approximate surface area is 169 Å². The monoisotopic (exact) mass is 396 g/mol. The van der Waals surface area contributed by atoms with Crippen molar-refractivity contribution in [2.24, 2.45) is 0 Å². The van der Waals surface area contributed by atoms with Gasteiger partial charge in [0, 0.05) is 12.3 Å². The lowest BCUT2D eigenvalue weighted by molar-refractivity contribution is 0.331. The van der Waals surface area contributed by atoms with Crippen molar-refractivity contribution in [3.63, 3.8) is 0 Å². The normalized spacial score (nSPS) is 10.2. The lowest BCUT2D eigenvalue weighted by atomic mass is 10.2. The topological polar surface area (TPSA) is 86.8 Å². The standard InChI is InChI=1S/C21H24N4O4/c1-26-15-4-6-16(7-5-15)29-13-12-23-21-22-11-10-20(25-21)24-18-14-17(27-2)8-9-19(18)28-3/h4-11,14H,12-13H2,1-3H3,(H2,22,23,24,25). The predicted octanol–water partition coefficient (Wildman–Crippen LogP) is 3.74. The van der Waals surface area contributed by atoms with Gasteiger partial charge in [-0.2, -0.15) is 4.98 Å². The molecule has 29 heavy (non-hydrogen) atoms. The fourth-order valence-electron chi connectivity index (χ4n) is 2.57. The van der Waals surface area contributed by atoms with E-state index in [-0.39, 0.29) is 0 Å². The van der Waals surface area contributed by atoms with Gasteiger partial charge in [0.15, 0.2) is 0 Å². The number of anilines is 3. The minimum absolute atomic E-state index is 0.469. The Bertz CT molecular complexity index is 919. The van der Waals surface area contributed by atoms with Gasteiger partial charge in [0.1, 0.15) is 35.4 Å². The van der Waals surface area contributed by atoms with Crippen LogP contribution in [0.25, 0.3) is 0 Å².